The maximum Gasteiger partial charge on any atom is 0.270 e. The van der Waals surface area contributed by atoms with Crippen molar-refractivity contribution in [3.05, 3.63) is 105 Å². The molecule has 0 fully saturated rings. The summed E-state index contributed by atoms with van der Waals surface area (Å²) in [5.74, 6) is 1.09. The van der Waals surface area contributed by atoms with Crippen molar-refractivity contribution in [2.24, 2.45) is 0 Å². The number of carbonyl (C=O) groups is 1. The van der Waals surface area contributed by atoms with Crippen molar-refractivity contribution >= 4 is 17.5 Å². The number of ether oxygens (including phenoxy) is 2. The molecule has 1 unspecified atom stereocenters. The molecule has 160 valence electrons. The van der Waals surface area contributed by atoms with Gasteiger partial charge in [0.15, 0.2) is 5.76 Å². The Kier molecular flexibility index (Phi) is 4.95. The lowest BCUT2D eigenvalue weighted by molar-refractivity contribution is -0.384. The predicted octanol–water partition coefficient (Wildman–Crippen LogP) is 5.12. The number of carbonyl (C=O) groups excluding carboxylic acids is 1. The number of nitro benzene ring substituents is 1. The van der Waals surface area contributed by atoms with Gasteiger partial charge in [0.2, 0.25) is 5.78 Å². The number of benzene rings is 3. The van der Waals surface area contributed by atoms with Gasteiger partial charge in [0.1, 0.15) is 18.2 Å². The number of ketones is 1. The molecule has 32 heavy (non-hydrogen) atoms. The van der Waals surface area contributed by atoms with Gasteiger partial charge in [-0.2, -0.15) is 0 Å². The molecular weight excluding hydrogens is 408 g/mol. The van der Waals surface area contributed by atoms with Crippen LogP contribution in [0.25, 0.3) is 6.08 Å². The number of Topliss-reactive ketones (excluding diaryl/α,β-unsaturated/α-hetero) is 1. The van der Waals surface area contributed by atoms with Gasteiger partial charge in [-0.25, -0.2) is 0 Å². The molecule has 0 amide bonds. The summed E-state index contributed by atoms with van der Waals surface area (Å²) >= 11 is 0. The Morgan fingerprint density at radius 1 is 1.09 bits per heavy atom. The van der Waals surface area contributed by atoms with Crippen molar-refractivity contribution in [1.29, 1.82) is 0 Å². The first-order chi connectivity index (χ1) is 15.5. The average molecular weight is 428 g/mol. The second-order valence-corrected chi connectivity index (χ2v) is 7.82. The summed E-state index contributed by atoms with van der Waals surface area (Å²) in [7, 11) is 0. The van der Waals surface area contributed by atoms with Crippen LogP contribution < -0.4 is 9.47 Å². The fourth-order valence-corrected chi connectivity index (χ4v) is 4.05. The highest BCUT2D eigenvalue weighted by atomic mass is 16.6. The molecule has 0 spiro atoms. The summed E-state index contributed by atoms with van der Waals surface area (Å²) in [5, 5.41) is 11.1. The van der Waals surface area contributed by atoms with Gasteiger partial charge < -0.3 is 9.47 Å². The van der Waals surface area contributed by atoms with Crippen LogP contribution in [-0.4, -0.2) is 22.3 Å². The van der Waals surface area contributed by atoms with Gasteiger partial charge in [-0.05, 0) is 36.3 Å². The quantitative estimate of drug-likeness (QED) is 0.326. The largest absolute Gasteiger partial charge is 0.478 e. The van der Waals surface area contributed by atoms with Crippen LogP contribution in [0.4, 0.5) is 5.69 Å². The molecular formula is C25H20N2O5. The van der Waals surface area contributed by atoms with Crippen LogP contribution in [0.2, 0.25) is 0 Å². The fourth-order valence-electron chi connectivity index (χ4n) is 4.05. The first kappa shape index (κ1) is 20.0. The van der Waals surface area contributed by atoms with Gasteiger partial charge in [0.05, 0.1) is 16.1 Å². The first-order valence-corrected chi connectivity index (χ1v) is 10.3. The van der Waals surface area contributed by atoms with Crippen LogP contribution in [0, 0.1) is 10.1 Å². The molecule has 2 heterocycles. The van der Waals surface area contributed by atoms with Crippen molar-refractivity contribution in [3.8, 4) is 11.5 Å². The molecule has 0 aromatic heterocycles. The monoisotopic (exact) mass is 428 g/mol. The maximum absolute atomic E-state index is 13.0. The molecule has 0 saturated carbocycles. The Labute approximate surface area is 184 Å². The number of hydrogen-bond donors (Lipinski definition) is 0. The Hall–Kier alpha value is -3.97. The van der Waals surface area contributed by atoms with Gasteiger partial charge >= 0.3 is 0 Å². The lowest BCUT2D eigenvalue weighted by Crippen LogP contribution is -2.34. The zero-order chi connectivity index (χ0) is 22.2. The van der Waals surface area contributed by atoms with Crippen molar-refractivity contribution in [1.82, 2.24) is 4.90 Å². The van der Waals surface area contributed by atoms with Crippen LogP contribution in [-0.2, 0) is 6.54 Å². The molecule has 0 saturated heterocycles. The minimum atomic E-state index is -0.468. The van der Waals surface area contributed by atoms with E-state index in [2.05, 4.69) is 24.0 Å². The smallest absolute Gasteiger partial charge is 0.270 e. The fraction of sp³-hybridized carbons (Fsp3) is 0.160. The van der Waals surface area contributed by atoms with E-state index in [0.29, 0.717) is 35.9 Å². The zero-order valence-corrected chi connectivity index (χ0v) is 17.4. The summed E-state index contributed by atoms with van der Waals surface area (Å²) in [5.41, 5.74) is 2.96. The average Bonchev–Trinajstić information content (AvgIpc) is 3.14. The summed E-state index contributed by atoms with van der Waals surface area (Å²) in [6, 6.07) is 19.9. The molecule has 2 aliphatic heterocycles. The van der Waals surface area contributed by atoms with Crippen molar-refractivity contribution in [2.45, 2.75) is 19.5 Å². The third-order valence-electron chi connectivity index (χ3n) is 5.85. The molecule has 0 N–H and O–H groups in total. The predicted molar refractivity (Wildman–Crippen MR) is 118 cm³/mol. The second kappa shape index (κ2) is 7.94. The number of nitrogens with zero attached hydrogens (tertiary/aromatic N) is 2. The highest BCUT2D eigenvalue weighted by Crippen LogP contribution is 2.43. The topological polar surface area (TPSA) is 81.9 Å². The normalized spacial score (nSPS) is 17.3. The number of hydrogen-bond acceptors (Lipinski definition) is 6. The molecule has 7 nitrogen and oxygen atoms in total. The standard InChI is InChI=1S/C25H20N2O5/c1-16(18-7-3-2-4-8-18)26-14-21-22(31-15-26)11-10-20-24(28)23(32-25(20)21)13-17-6-5-9-19(12-17)27(29)30/h2-13,16H,14-15H2,1H3/b23-13-. The molecule has 0 radical (unpaired) electrons. The van der Waals surface area contributed by atoms with Crippen molar-refractivity contribution < 1.29 is 19.2 Å². The summed E-state index contributed by atoms with van der Waals surface area (Å²) in [4.78, 5) is 25.7. The van der Waals surface area contributed by atoms with Gasteiger partial charge in [0.25, 0.3) is 5.69 Å². The minimum absolute atomic E-state index is 0.0429. The van der Waals surface area contributed by atoms with Crippen LogP contribution in [0.1, 0.15) is 40.0 Å². The Balaban J connectivity index is 1.45. The van der Waals surface area contributed by atoms with E-state index in [1.807, 2.05) is 18.2 Å². The number of non-ortho nitro benzene ring substituents is 1. The van der Waals surface area contributed by atoms with Crippen LogP contribution in [0.3, 0.4) is 0 Å². The van der Waals surface area contributed by atoms with E-state index >= 15 is 0 Å². The summed E-state index contributed by atoms with van der Waals surface area (Å²) in [6.45, 7) is 3.13. The van der Waals surface area contributed by atoms with E-state index in [0.717, 1.165) is 5.56 Å². The first-order valence-electron chi connectivity index (χ1n) is 10.3. The molecule has 7 heteroatoms. The SMILES string of the molecule is CC(c1ccccc1)N1COc2ccc3c(c2C1)O/C(=C\c1cccc([N+](=O)[O-])c1)C3=O. The van der Waals surface area contributed by atoms with Crippen molar-refractivity contribution in [2.75, 3.05) is 6.73 Å². The third-order valence-corrected chi connectivity index (χ3v) is 5.85. The molecule has 0 aliphatic carbocycles. The zero-order valence-electron chi connectivity index (χ0n) is 17.4. The van der Waals surface area contributed by atoms with Gasteiger partial charge in [0, 0.05) is 24.7 Å². The minimum Gasteiger partial charge on any atom is -0.478 e. The van der Waals surface area contributed by atoms with E-state index in [4.69, 9.17) is 9.47 Å². The van der Waals surface area contributed by atoms with Crippen LogP contribution >= 0.6 is 0 Å². The molecule has 2 aliphatic rings. The Morgan fingerprint density at radius 3 is 2.69 bits per heavy atom. The van der Waals surface area contributed by atoms with Gasteiger partial charge in [-0.3, -0.25) is 19.8 Å². The Morgan fingerprint density at radius 2 is 1.91 bits per heavy atom. The number of nitro groups is 1. The second-order valence-electron chi connectivity index (χ2n) is 7.82. The number of rotatable bonds is 4. The van der Waals surface area contributed by atoms with Crippen LogP contribution in [0.5, 0.6) is 11.5 Å². The molecule has 5 rings (SSSR count). The highest BCUT2D eigenvalue weighted by molar-refractivity contribution is 6.15. The molecule has 3 aromatic carbocycles. The third kappa shape index (κ3) is 3.52. The molecule has 1 atom stereocenters. The molecule has 0 bridgehead atoms. The summed E-state index contributed by atoms with van der Waals surface area (Å²) < 4.78 is 12.0. The van der Waals surface area contributed by atoms with E-state index < -0.39 is 4.92 Å². The lowest BCUT2D eigenvalue weighted by Gasteiger charge is -2.34. The van der Waals surface area contributed by atoms with E-state index in [9.17, 15) is 14.9 Å². The van der Waals surface area contributed by atoms with E-state index in [1.54, 1.807) is 24.3 Å². The number of fused-ring (bicyclic) bond motifs is 3. The van der Waals surface area contributed by atoms with Crippen molar-refractivity contribution in [3.63, 3.8) is 0 Å². The van der Waals surface area contributed by atoms with Gasteiger partial charge in [-0.1, -0.05) is 42.5 Å². The lowest BCUT2D eigenvalue weighted by atomic mass is 10.0. The maximum atomic E-state index is 13.0. The highest BCUT2D eigenvalue weighted by Gasteiger charge is 2.34. The van der Waals surface area contributed by atoms with E-state index in [-0.39, 0.29) is 23.3 Å². The molecule has 3 aromatic rings. The number of allylic oxidation sites excluding steroid dienone is 1. The summed E-state index contributed by atoms with van der Waals surface area (Å²) in [6.07, 6.45) is 1.54. The van der Waals surface area contributed by atoms with E-state index in [1.165, 1.54) is 23.8 Å². The van der Waals surface area contributed by atoms with Crippen LogP contribution in [0.15, 0.2) is 72.5 Å². The van der Waals surface area contributed by atoms with Gasteiger partial charge in [-0.15, -0.1) is 0 Å². The Bertz CT molecular complexity index is 1250.